The molecule has 0 radical (unpaired) electrons. The molecule has 0 aliphatic carbocycles. The maximum Gasteiger partial charge on any atom is 0.416 e. The molecular weight excluding hydrogens is 289 g/mol. The first kappa shape index (κ1) is 13.6. The number of thioether (sulfide) groups is 1. The Morgan fingerprint density at radius 1 is 1.35 bits per heavy atom. The van der Waals surface area contributed by atoms with Crippen LogP contribution >= 0.6 is 11.8 Å². The molecule has 0 saturated carbocycles. The molecule has 1 amide bonds. The number of amides is 1. The van der Waals surface area contributed by atoms with Crippen molar-refractivity contribution in [1.29, 1.82) is 0 Å². The van der Waals surface area contributed by atoms with Gasteiger partial charge in [0.15, 0.2) is 0 Å². The van der Waals surface area contributed by atoms with E-state index >= 15 is 0 Å². The van der Waals surface area contributed by atoms with Gasteiger partial charge < -0.3 is 10.2 Å². The topological polar surface area (TPSA) is 32.3 Å². The molecular formula is C13H13F3N2OS. The molecule has 20 heavy (non-hydrogen) atoms. The first-order valence-corrected chi connectivity index (χ1v) is 7.46. The smallest absolute Gasteiger partial charge is 0.365 e. The van der Waals surface area contributed by atoms with Crippen molar-refractivity contribution in [3.05, 3.63) is 23.8 Å². The van der Waals surface area contributed by atoms with E-state index in [1.165, 1.54) is 6.07 Å². The minimum atomic E-state index is -4.40. The zero-order valence-electron chi connectivity index (χ0n) is 10.5. The van der Waals surface area contributed by atoms with E-state index in [0.717, 1.165) is 30.2 Å². The lowest BCUT2D eigenvalue weighted by Gasteiger charge is -2.35. The third-order valence-electron chi connectivity index (χ3n) is 3.56. The Morgan fingerprint density at radius 2 is 2.15 bits per heavy atom. The molecule has 3 nitrogen and oxygen atoms in total. The van der Waals surface area contributed by atoms with Gasteiger partial charge in [0.2, 0.25) is 5.91 Å². The van der Waals surface area contributed by atoms with Gasteiger partial charge in [0.05, 0.1) is 16.9 Å². The number of rotatable bonds is 0. The summed E-state index contributed by atoms with van der Waals surface area (Å²) in [7, 11) is 0. The molecule has 2 aliphatic rings. The SMILES string of the molecule is O=C1CC2CSCCN2c2ccc(C(F)(F)F)cc2N1. The van der Waals surface area contributed by atoms with Crippen molar-refractivity contribution < 1.29 is 18.0 Å². The summed E-state index contributed by atoms with van der Waals surface area (Å²) < 4.78 is 38.3. The minimum absolute atomic E-state index is 0.0618. The van der Waals surface area contributed by atoms with E-state index in [2.05, 4.69) is 5.32 Å². The van der Waals surface area contributed by atoms with Crippen molar-refractivity contribution in [3.63, 3.8) is 0 Å². The monoisotopic (exact) mass is 302 g/mol. The van der Waals surface area contributed by atoms with Crippen molar-refractivity contribution in [2.75, 3.05) is 28.3 Å². The highest BCUT2D eigenvalue weighted by Gasteiger charge is 2.34. The van der Waals surface area contributed by atoms with Gasteiger partial charge in [-0.25, -0.2) is 0 Å². The summed E-state index contributed by atoms with van der Waals surface area (Å²) in [4.78, 5) is 13.9. The molecule has 2 heterocycles. The lowest BCUT2D eigenvalue weighted by molar-refractivity contribution is -0.137. The molecule has 1 atom stereocenters. The van der Waals surface area contributed by atoms with Crippen LogP contribution in [0.1, 0.15) is 12.0 Å². The Hall–Kier alpha value is -1.37. The van der Waals surface area contributed by atoms with E-state index in [9.17, 15) is 18.0 Å². The second-order valence-electron chi connectivity index (χ2n) is 4.90. The van der Waals surface area contributed by atoms with Gasteiger partial charge >= 0.3 is 6.18 Å². The second kappa shape index (κ2) is 4.87. The third kappa shape index (κ3) is 2.46. The molecule has 2 aliphatic heterocycles. The molecule has 7 heteroatoms. The first-order valence-electron chi connectivity index (χ1n) is 6.30. The summed E-state index contributed by atoms with van der Waals surface area (Å²) in [6.45, 7) is 0.753. The lowest BCUT2D eigenvalue weighted by atomic mass is 10.1. The van der Waals surface area contributed by atoms with Crippen molar-refractivity contribution in [2.24, 2.45) is 0 Å². The van der Waals surface area contributed by atoms with Crippen LogP contribution in [0.15, 0.2) is 18.2 Å². The van der Waals surface area contributed by atoms with Crippen LogP contribution < -0.4 is 10.2 Å². The van der Waals surface area contributed by atoms with Crippen molar-refractivity contribution >= 4 is 29.0 Å². The molecule has 1 aromatic carbocycles. The van der Waals surface area contributed by atoms with Crippen LogP contribution in [0.2, 0.25) is 0 Å². The summed E-state index contributed by atoms with van der Waals surface area (Å²) in [5.41, 5.74) is 0.217. The van der Waals surface area contributed by atoms with Crippen LogP contribution in [0.3, 0.4) is 0 Å². The average Bonchev–Trinajstić information content (AvgIpc) is 2.52. The molecule has 1 aromatic rings. The molecule has 0 spiro atoms. The summed E-state index contributed by atoms with van der Waals surface area (Å²) >= 11 is 1.77. The maximum atomic E-state index is 12.8. The summed E-state index contributed by atoms with van der Waals surface area (Å²) in [5.74, 6) is 1.53. The second-order valence-corrected chi connectivity index (χ2v) is 6.05. The predicted octanol–water partition coefficient (Wildman–Crippen LogP) is 2.97. The van der Waals surface area contributed by atoms with Crippen LogP contribution in [0.4, 0.5) is 24.5 Å². The fraction of sp³-hybridized carbons (Fsp3) is 0.462. The number of hydrogen-bond acceptors (Lipinski definition) is 3. The Balaban J connectivity index is 2.04. The van der Waals surface area contributed by atoms with Crippen LogP contribution in [-0.2, 0) is 11.0 Å². The summed E-state index contributed by atoms with van der Waals surface area (Å²) in [6.07, 6.45) is -4.08. The number of halogens is 3. The number of benzene rings is 1. The molecule has 1 N–H and O–H groups in total. The van der Waals surface area contributed by atoms with Crippen molar-refractivity contribution in [3.8, 4) is 0 Å². The molecule has 3 rings (SSSR count). The number of fused-ring (bicyclic) bond motifs is 3. The lowest BCUT2D eigenvalue weighted by Crippen LogP contribution is -2.42. The van der Waals surface area contributed by atoms with E-state index in [1.807, 2.05) is 4.90 Å². The number of carbonyl (C=O) groups excluding carboxylic acids is 1. The highest BCUT2D eigenvalue weighted by atomic mass is 32.2. The standard InChI is InChI=1S/C13H13F3N2OS/c14-13(15,16)8-1-2-11-10(5-8)17-12(19)6-9-7-20-4-3-18(9)11/h1-2,5,9H,3-4,6-7H2,(H,17,19). The highest BCUT2D eigenvalue weighted by Crippen LogP contribution is 2.39. The summed E-state index contributed by atoms with van der Waals surface area (Å²) in [6, 6.07) is 3.63. The van der Waals surface area contributed by atoms with Crippen LogP contribution in [0, 0.1) is 0 Å². The fourth-order valence-electron chi connectivity index (χ4n) is 2.62. The first-order chi connectivity index (χ1) is 9.45. The van der Waals surface area contributed by atoms with Crippen LogP contribution in [0.25, 0.3) is 0 Å². The van der Waals surface area contributed by atoms with Gasteiger partial charge in [0.1, 0.15) is 0 Å². The number of nitrogens with one attached hydrogen (secondary N) is 1. The number of alkyl halides is 3. The van der Waals surface area contributed by atoms with Crippen molar-refractivity contribution in [2.45, 2.75) is 18.6 Å². The van der Waals surface area contributed by atoms with Gasteiger partial charge in [-0.2, -0.15) is 24.9 Å². The van der Waals surface area contributed by atoms with Gasteiger partial charge in [0, 0.05) is 30.5 Å². The minimum Gasteiger partial charge on any atom is -0.365 e. The molecule has 0 aromatic heterocycles. The zero-order valence-corrected chi connectivity index (χ0v) is 11.4. The zero-order chi connectivity index (χ0) is 14.3. The van der Waals surface area contributed by atoms with E-state index in [4.69, 9.17) is 0 Å². The quantitative estimate of drug-likeness (QED) is 0.799. The van der Waals surface area contributed by atoms with Gasteiger partial charge in [-0.05, 0) is 18.2 Å². The highest BCUT2D eigenvalue weighted by molar-refractivity contribution is 7.99. The Kier molecular flexibility index (Phi) is 3.32. The van der Waals surface area contributed by atoms with E-state index in [1.54, 1.807) is 11.8 Å². The Morgan fingerprint density at radius 3 is 2.90 bits per heavy atom. The number of nitrogens with zero attached hydrogens (tertiary/aromatic N) is 1. The molecule has 1 unspecified atom stereocenters. The number of hydrogen-bond donors (Lipinski definition) is 1. The number of carbonyl (C=O) groups is 1. The summed E-state index contributed by atoms with van der Waals surface area (Å²) in [5, 5.41) is 2.60. The average molecular weight is 302 g/mol. The van der Waals surface area contributed by atoms with Gasteiger partial charge in [-0.3, -0.25) is 4.79 Å². The normalized spacial score (nSPS) is 22.6. The molecule has 1 saturated heterocycles. The largest absolute Gasteiger partial charge is 0.416 e. The number of anilines is 2. The Bertz CT molecular complexity index is 547. The Labute approximate surface area is 118 Å². The fourth-order valence-corrected chi connectivity index (χ4v) is 3.68. The van der Waals surface area contributed by atoms with Gasteiger partial charge in [-0.15, -0.1) is 0 Å². The van der Waals surface area contributed by atoms with E-state index < -0.39 is 11.7 Å². The van der Waals surface area contributed by atoms with Crippen LogP contribution in [-0.4, -0.2) is 30.0 Å². The molecule has 108 valence electrons. The molecule has 1 fully saturated rings. The molecule has 0 bridgehead atoms. The third-order valence-corrected chi connectivity index (χ3v) is 4.65. The van der Waals surface area contributed by atoms with E-state index in [-0.39, 0.29) is 17.6 Å². The van der Waals surface area contributed by atoms with Gasteiger partial charge in [0.25, 0.3) is 0 Å². The van der Waals surface area contributed by atoms with Crippen molar-refractivity contribution in [1.82, 2.24) is 0 Å². The van der Waals surface area contributed by atoms with E-state index in [0.29, 0.717) is 12.1 Å². The maximum absolute atomic E-state index is 12.8. The predicted molar refractivity (Wildman–Crippen MR) is 73.1 cm³/mol. The van der Waals surface area contributed by atoms with Gasteiger partial charge in [-0.1, -0.05) is 0 Å². The van der Waals surface area contributed by atoms with Crippen LogP contribution in [0.5, 0.6) is 0 Å².